The molecule has 0 radical (unpaired) electrons. The first-order chi connectivity index (χ1) is 14.7. The molecule has 162 valence electrons. The largest absolute Gasteiger partial charge is 0.452 e. The van der Waals surface area contributed by atoms with Crippen LogP contribution < -0.4 is 11.1 Å². The molecular formula is C23H25N3O5. The van der Waals surface area contributed by atoms with Gasteiger partial charge in [-0.15, -0.1) is 0 Å². The number of benzene rings is 2. The van der Waals surface area contributed by atoms with Gasteiger partial charge in [0.25, 0.3) is 5.91 Å². The molecule has 8 heteroatoms. The standard InChI is InChI=1S/C23H25N3O5/c1-14-3-5-16(6-4-14)12-26-13-18(11-20(26)27)23(30)31-15(2)22(29)25-19-9-7-17(8-10-19)21(24)28/h3-10,15,18H,11-13H2,1-2H3,(H2,24,28)(H,25,29)/t15-,18+/m0/s1. The Morgan fingerprint density at radius 2 is 1.77 bits per heavy atom. The van der Waals surface area contributed by atoms with Crippen LogP contribution in [0.5, 0.6) is 0 Å². The Balaban J connectivity index is 1.51. The summed E-state index contributed by atoms with van der Waals surface area (Å²) < 4.78 is 5.29. The van der Waals surface area contributed by atoms with Crippen LogP contribution in [0.15, 0.2) is 48.5 Å². The zero-order valence-electron chi connectivity index (χ0n) is 17.5. The Morgan fingerprint density at radius 3 is 2.39 bits per heavy atom. The molecule has 1 aliphatic rings. The number of aryl methyl sites for hydroxylation is 1. The first kappa shape index (κ1) is 22.0. The smallest absolute Gasteiger partial charge is 0.312 e. The molecule has 8 nitrogen and oxygen atoms in total. The minimum absolute atomic E-state index is 0.0631. The Bertz CT molecular complexity index is 985. The molecular weight excluding hydrogens is 398 g/mol. The van der Waals surface area contributed by atoms with Crippen molar-refractivity contribution >= 4 is 29.4 Å². The van der Waals surface area contributed by atoms with Gasteiger partial charge < -0.3 is 20.7 Å². The molecule has 2 atom stereocenters. The van der Waals surface area contributed by atoms with Crippen molar-refractivity contribution in [2.45, 2.75) is 32.9 Å². The summed E-state index contributed by atoms with van der Waals surface area (Å²) in [5.41, 5.74) is 8.07. The van der Waals surface area contributed by atoms with Gasteiger partial charge in [-0.3, -0.25) is 19.2 Å². The van der Waals surface area contributed by atoms with Gasteiger partial charge in [-0.25, -0.2) is 0 Å². The Morgan fingerprint density at radius 1 is 1.13 bits per heavy atom. The number of carbonyl (C=O) groups is 4. The second-order valence-corrected chi connectivity index (χ2v) is 7.67. The van der Waals surface area contributed by atoms with Crippen molar-refractivity contribution < 1.29 is 23.9 Å². The maximum atomic E-state index is 12.5. The molecule has 31 heavy (non-hydrogen) atoms. The first-order valence-corrected chi connectivity index (χ1v) is 9.97. The average molecular weight is 423 g/mol. The number of hydrogen-bond acceptors (Lipinski definition) is 5. The summed E-state index contributed by atoms with van der Waals surface area (Å²) in [7, 11) is 0. The number of nitrogens with one attached hydrogen (secondary N) is 1. The van der Waals surface area contributed by atoms with E-state index < -0.39 is 29.8 Å². The first-order valence-electron chi connectivity index (χ1n) is 9.97. The Hall–Kier alpha value is -3.68. The van der Waals surface area contributed by atoms with E-state index in [0.29, 0.717) is 17.8 Å². The number of amides is 3. The van der Waals surface area contributed by atoms with Crippen LogP contribution in [0.4, 0.5) is 5.69 Å². The third kappa shape index (κ3) is 5.69. The molecule has 0 saturated carbocycles. The Labute approximate surface area is 180 Å². The van der Waals surface area contributed by atoms with Crippen molar-refractivity contribution in [3.8, 4) is 0 Å². The predicted octanol–water partition coefficient (Wildman–Crippen LogP) is 2.01. The highest BCUT2D eigenvalue weighted by Crippen LogP contribution is 2.22. The lowest BCUT2D eigenvalue weighted by Gasteiger charge is -2.18. The monoisotopic (exact) mass is 423 g/mol. The molecule has 3 amide bonds. The van der Waals surface area contributed by atoms with E-state index in [9.17, 15) is 19.2 Å². The fourth-order valence-electron chi connectivity index (χ4n) is 3.28. The quantitative estimate of drug-likeness (QED) is 0.661. The van der Waals surface area contributed by atoms with Crippen molar-refractivity contribution in [2.75, 3.05) is 11.9 Å². The highest BCUT2D eigenvalue weighted by molar-refractivity contribution is 5.97. The third-order valence-corrected chi connectivity index (χ3v) is 5.14. The van der Waals surface area contributed by atoms with E-state index in [2.05, 4.69) is 5.32 Å². The minimum Gasteiger partial charge on any atom is -0.452 e. The third-order valence-electron chi connectivity index (χ3n) is 5.14. The van der Waals surface area contributed by atoms with Gasteiger partial charge in [0.15, 0.2) is 6.10 Å². The van der Waals surface area contributed by atoms with Gasteiger partial charge in [0.2, 0.25) is 11.8 Å². The summed E-state index contributed by atoms with van der Waals surface area (Å²) in [5, 5.41) is 2.61. The van der Waals surface area contributed by atoms with Crippen molar-refractivity contribution in [1.82, 2.24) is 4.90 Å². The Kier molecular flexibility index (Phi) is 6.69. The molecule has 0 unspecified atom stereocenters. The number of nitrogens with zero attached hydrogens (tertiary/aromatic N) is 1. The van der Waals surface area contributed by atoms with E-state index >= 15 is 0 Å². The molecule has 1 heterocycles. The molecule has 0 aromatic heterocycles. The van der Waals surface area contributed by atoms with Crippen LogP contribution in [-0.2, 0) is 25.7 Å². The van der Waals surface area contributed by atoms with Crippen molar-refractivity contribution in [2.24, 2.45) is 11.7 Å². The minimum atomic E-state index is -1.04. The van der Waals surface area contributed by atoms with Crippen molar-refractivity contribution in [1.29, 1.82) is 0 Å². The van der Waals surface area contributed by atoms with Crippen LogP contribution in [0.3, 0.4) is 0 Å². The molecule has 2 aromatic rings. The number of likely N-dealkylation sites (tertiary alicyclic amines) is 1. The van der Waals surface area contributed by atoms with Gasteiger partial charge in [-0.2, -0.15) is 0 Å². The summed E-state index contributed by atoms with van der Waals surface area (Å²) in [5.74, 6) is -2.38. The predicted molar refractivity (Wildman–Crippen MR) is 114 cm³/mol. The van der Waals surface area contributed by atoms with E-state index in [1.54, 1.807) is 4.90 Å². The van der Waals surface area contributed by atoms with Crippen LogP contribution in [0, 0.1) is 12.8 Å². The van der Waals surface area contributed by atoms with Crippen LogP contribution in [0.2, 0.25) is 0 Å². The summed E-state index contributed by atoms with van der Waals surface area (Å²) in [6.45, 7) is 4.14. The summed E-state index contributed by atoms with van der Waals surface area (Å²) in [4.78, 5) is 49.8. The molecule has 1 fully saturated rings. The van der Waals surface area contributed by atoms with Gasteiger partial charge in [-0.05, 0) is 43.7 Å². The maximum absolute atomic E-state index is 12.5. The van der Waals surface area contributed by atoms with Gasteiger partial charge >= 0.3 is 5.97 Å². The lowest BCUT2D eigenvalue weighted by atomic mass is 10.1. The van der Waals surface area contributed by atoms with Crippen molar-refractivity contribution in [3.63, 3.8) is 0 Å². The number of primary amides is 1. The van der Waals surface area contributed by atoms with E-state index in [1.807, 2.05) is 31.2 Å². The number of carbonyl (C=O) groups excluding carboxylic acids is 4. The van der Waals surface area contributed by atoms with Gasteiger partial charge in [0.1, 0.15) is 0 Å². The molecule has 3 N–H and O–H groups in total. The molecule has 0 spiro atoms. The summed E-state index contributed by atoms with van der Waals surface area (Å²) in [6, 6.07) is 13.9. The lowest BCUT2D eigenvalue weighted by Crippen LogP contribution is -2.33. The average Bonchev–Trinajstić information content (AvgIpc) is 3.10. The fraction of sp³-hybridized carbons (Fsp3) is 0.304. The van der Waals surface area contributed by atoms with Gasteiger partial charge in [0, 0.05) is 30.8 Å². The fourth-order valence-corrected chi connectivity index (χ4v) is 3.28. The SMILES string of the molecule is Cc1ccc(CN2C[C@H](C(=O)O[C@@H](C)C(=O)Nc3ccc(C(N)=O)cc3)CC2=O)cc1. The number of rotatable bonds is 7. The van der Waals surface area contributed by atoms with E-state index in [1.165, 1.54) is 31.2 Å². The molecule has 1 aliphatic heterocycles. The molecule has 3 rings (SSSR count). The zero-order valence-corrected chi connectivity index (χ0v) is 17.5. The molecule has 2 aromatic carbocycles. The number of hydrogen-bond donors (Lipinski definition) is 2. The molecule has 0 bridgehead atoms. The summed E-state index contributed by atoms with van der Waals surface area (Å²) in [6.07, 6.45) is -0.974. The second kappa shape index (κ2) is 9.42. The van der Waals surface area contributed by atoms with Crippen LogP contribution >= 0.6 is 0 Å². The lowest BCUT2D eigenvalue weighted by molar-refractivity contribution is -0.157. The number of nitrogens with two attached hydrogens (primary N) is 1. The van der Waals surface area contributed by atoms with E-state index in [0.717, 1.165) is 11.1 Å². The van der Waals surface area contributed by atoms with Crippen LogP contribution in [0.1, 0.15) is 34.8 Å². The van der Waals surface area contributed by atoms with E-state index in [-0.39, 0.29) is 18.9 Å². The highest BCUT2D eigenvalue weighted by Gasteiger charge is 2.36. The number of anilines is 1. The molecule has 1 saturated heterocycles. The van der Waals surface area contributed by atoms with Gasteiger partial charge in [0.05, 0.1) is 5.92 Å². The second-order valence-electron chi connectivity index (χ2n) is 7.67. The van der Waals surface area contributed by atoms with Crippen molar-refractivity contribution in [3.05, 3.63) is 65.2 Å². The highest BCUT2D eigenvalue weighted by atomic mass is 16.5. The van der Waals surface area contributed by atoms with Crippen LogP contribution in [-0.4, -0.2) is 41.2 Å². The maximum Gasteiger partial charge on any atom is 0.312 e. The topological polar surface area (TPSA) is 119 Å². The molecule has 0 aliphatic carbocycles. The summed E-state index contributed by atoms with van der Waals surface area (Å²) >= 11 is 0. The van der Waals surface area contributed by atoms with Crippen LogP contribution in [0.25, 0.3) is 0 Å². The van der Waals surface area contributed by atoms with E-state index in [4.69, 9.17) is 10.5 Å². The number of ether oxygens (including phenoxy) is 1. The normalized spacial score (nSPS) is 16.6. The van der Waals surface area contributed by atoms with Gasteiger partial charge in [-0.1, -0.05) is 29.8 Å². The zero-order chi connectivity index (χ0) is 22.5. The number of esters is 1.